The quantitative estimate of drug-likeness (QED) is 0.897. The number of piperazine rings is 1. The van der Waals surface area contributed by atoms with Crippen molar-refractivity contribution in [3.05, 3.63) is 22.4 Å². The maximum atomic E-state index is 12.2. The molecule has 0 aromatic carbocycles. The van der Waals surface area contributed by atoms with Crippen molar-refractivity contribution in [2.45, 2.75) is 32.2 Å². The summed E-state index contributed by atoms with van der Waals surface area (Å²) in [5, 5.41) is 1.90. The number of rotatable bonds is 5. The summed E-state index contributed by atoms with van der Waals surface area (Å²) in [4.78, 5) is 28.8. The number of hydrogen-bond acceptors (Lipinski definition) is 4. The van der Waals surface area contributed by atoms with Crippen molar-refractivity contribution in [3.63, 3.8) is 0 Å². The number of amides is 2. The van der Waals surface area contributed by atoms with Gasteiger partial charge in [-0.15, -0.1) is 11.3 Å². The summed E-state index contributed by atoms with van der Waals surface area (Å²) < 4.78 is 0. The lowest BCUT2D eigenvalue weighted by molar-refractivity contribution is -0.134. The SMILES string of the molecule is CCCC[C@H](N)C(=O)N1CCN(C(=O)c2cccs2)CC1. The van der Waals surface area contributed by atoms with E-state index in [1.54, 1.807) is 4.90 Å². The highest BCUT2D eigenvalue weighted by Crippen LogP contribution is 2.14. The summed E-state index contributed by atoms with van der Waals surface area (Å²) in [5.74, 6) is 0.0825. The first-order chi connectivity index (χ1) is 10.1. The summed E-state index contributed by atoms with van der Waals surface area (Å²) in [6.45, 7) is 4.42. The van der Waals surface area contributed by atoms with Crippen LogP contribution in [0.25, 0.3) is 0 Å². The summed E-state index contributed by atoms with van der Waals surface area (Å²) >= 11 is 1.45. The standard InChI is InChI=1S/C15H23N3O2S/c1-2-3-5-12(16)14(19)17-7-9-18(10-8-17)15(20)13-6-4-11-21-13/h4,6,11-12H,2-3,5,7-10,16H2,1H3/t12-/m0/s1. The molecule has 0 bridgehead atoms. The molecule has 0 radical (unpaired) electrons. The van der Waals surface area contributed by atoms with Crippen LogP contribution in [0.3, 0.4) is 0 Å². The Hall–Kier alpha value is -1.40. The van der Waals surface area contributed by atoms with Gasteiger partial charge in [-0.3, -0.25) is 9.59 Å². The molecule has 0 spiro atoms. The van der Waals surface area contributed by atoms with E-state index < -0.39 is 6.04 Å². The molecule has 1 atom stereocenters. The van der Waals surface area contributed by atoms with Crippen LogP contribution >= 0.6 is 11.3 Å². The first-order valence-electron chi connectivity index (χ1n) is 7.50. The average Bonchev–Trinajstić information content (AvgIpc) is 3.05. The fourth-order valence-corrected chi connectivity index (χ4v) is 3.16. The lowest BCUT2D eigenvalue weighted by atomic mass is 10.1. The van der Waals surface area contributed by atoms with Crippen LogP contribution < -0.4 is 5.73 Å². The molecule has 1 aromatic heterocycles. The third-order valence-electron chi connectivity index (χ3n) is 3.80. The van der Waals surface area contributed by atoms with E-state index in [9.17, 15) is 9.59 Å². The Bertz CT molecular complexity index is 467. The number of carbonyl (C=O) groups excluding carboxylic acids is 2. The van der Waals surface area contributed by atoms with Gasteiger partial charge in [-0.25, -0.2) is 0 Å². The van der Waals surface area contributed by atoms with Crippen LogP contribution in [0.2, 0.25) is 0 Å². The highest BCUT2D eigenvalue weighted by Gasteiger charge is 2.27. The number of carbonyl (C=O) groups is 2. The van der Waals surface area contributed by atoms with Crippen molar-refractivity contribution in [3.8, 4) is 0 Å². The molecule has 1 aliphatic rings. The number of nitrogens with zero attached hydrogens (tertiary/aromatic N) is 2. The van der Waals surface area contributed by atoms with E-state index in [2.05, 4.69) is 6.92 Å². The Labute approximate surface area is 129 Å². The minimum Gasteiger partial charge on any atom is -0.338 e. The lowest BCUT2D eigenvalue weighted by Crippen LogP contribution is -2.54. The van der Waals surface area contributed by atoms with Crippen LogP contribution in [0.4, 0.5) is 0 Å². The van der Waals surface area contributed by atoms with Gasteiger partial charge in [0.15, 0.2) is 0 Å². The Morgan fingerprint density at radius 3 is 2.52 bits per heavy atom. The van der Waals surface area contributed by atoms with Crippen molar-refractivity contribution in [1.29, 1.82) is 0 Å². The van der Waals surface area contributed by atoms with Gasteiger partial charge >= 0.3 is 0 Å². The van der Waals surface area contributed by atoms with Crippen molar-refractivity contribution in [2.75, 3.05) is 26.2 Å². The Balaban J connectivity index is 1.83. The van der Waals surface area contributed by atoms with E-state index in [1.165, 1.54) is 11.3 Å². The minimum absolute atomic E-state index is 0.0201. The molecule has 0 unspecified atom stereocenters. The van der Waals surface area contributed by atoms with Gasteiger partial charge in [0.2, 0.25) is 5.91 Å². The smallest absolute Gasteiger partial charge is 0.264 e. The first-order valence-corrected chi connectivity index (χ1v) is 8.38. The number of hydrogen-bond donors (Lipinski definition) is 1. The molecule has 6 heteroatoms. The van der Waals surface area contributed by atoms with E-state index in [4.69, 9.17) is 5.73 Å². The average molecular weight is 309 g/mol. The molecule has 0 aliphatic carbocycles. The molecule has 2 rings (SSSR count). The van der Waals surface area contributed by atoms with E-state index in [1.807, 2.05) is 22.4 Å². The largest absolute Gasteiger partial charge is 0.338 e. The molecular weight excluding hydrogens is 286 g/mol. The lowest BCUT2D eigenvalue weighted by Gasteiger charge is -2.35. The van der Waals surface area contributed by atoms with Crippen molar-refractivity contribution in [2.24, 2.45) is 5.73 Å². The molecule has 2 N–H and O–H groups in total. The Kier molecular flexibility index (Phi) is 5.76. The molecule has 116 valence electrons. The Morgan fingerprint density at radius 1 is 1.29 bits per heavy atom. The molecule has 1 saturated heterocycles. The van der Waals surface area contributed by atoms with Crippen LogP contribution in [0.15, 0.2) is 17.5 Å². The molecule has 2 heterocycles. The van der Waals surface area contributed by atoms with Gasteiger partial charge in [-0.2, -0.15) is 0 Å². The van der Waals surface area contributed by atoms with Gasteiger partial charge < -0.3 is 15.5 Å². The summed E-state index contributed by atoms with van der Waals surface area (Å²) in [6, 6.07) is 3.32. The van der Waals surface area contributed by atoms with Crippen molar-refractivity contribution < 1.29 is 9.59 Å². The van der Waals surface area contributed by atoms with E-state index in [0.29, 0.717) is 26.2 Å². The molecule has 1 fully saturated rings. The van der Waals surface area contributed by atoms with Gasteiger partial charge in [0.05, 0.1) is 10.9 Å². The fraction of sp³-hybridized carbons (Fsp3) is 0.600. The third kappa shape index (κ3) is 4.04. The van der Waals surface area contributed by atoms with Gasteiger partial charge in [-0.05, 0) is 17.9 Å². The zero-order chi connectivity index (χ0) is 15.2. The molecule has 21 heavy (non-hydrogen) atoms. The monoisotopic (exact) mass is 309 g/mol. The van der Waals surface area contributed by atoms with Crippen molar-refractivity contribution in [1.82, 2.24) is 9.80 Å². The van der Waals surface area contributed by atoms with Crippen LogP contribution in [-0.2, 0) is 4.79 Å². The highest BCUT2D eigenvalue weighted by atomic mass is 32.1. The van der Waals surface area contributed by atoms with Gasteiger partial charge in [0.25, 0.3) is 5.91 Å². The minimum atomic E-state index is -0.399. The third-order valence-corrected chi connectivity index (χ3v) is 4.65. The predicted molar refractivity (Wildman–Crippen MR) is 84.3 cm³/mol. The first kappa shape index (κ1) is 16.0. The topological polar surface area (TPSA) is 66.6 Å². The second kappa shape index (κ2) is 7.56. The summed E-state index contributed by atoms with van der Waals surface area (Å²) in [6.07, 6.45) is 2.76. The maximum absolute atomic E-state index is 12.2. The van der Waals surface area contributed by atoms with Crippen LogP contribution in [0.5, 0.6) is 0 Å². The number of thiophene rings is 1. The molecule has 1 aromatic rings. The Morgan fingerprint density at radius 2 is 1.95 bits per heavy atom. The predicted octanol–water partition coefficient (Wildman–Crippen LogP) is 1.55. The van der Waals surface area contributed by atoms with Gasteiger partial charge in [0.1, 0.15) is 0 Å². The van der Waals surface area contributed by atoms with Crippen LogP contribution in [-0.4, -0.2) is 53.8 Å². The summed E-state index contributed by atoms with van der Waals surface area (Å²) in [7, 11) is 0. The molecule has 5 nitrogen and oxygen atoms in total. The highest BCUT2D eigenvalue weighted by molar-refractivity contribution is 7.12. The maximum Gasteiger partial charge on any atom is 0.264 e. The van der Waals surface area contributed by atoms with Gasteiger partial charge in [0, 0.05) is 26.2 Å². The zero-order valence-corrected chi connectivity index (χ0v) is 13.3. The van der Waals surface area contributed by atoms with Crippen LogP contribution in [0.1, 0.15) is 35.9 Å². The van der Waals surface area contributed by atoms with E-state index in [0.717, 1.165) is 24.1 Å². The van der Waals surface area contributed by atoms with Crippen molar-refractivity contribution >= 4 is 23.2 Å². The normalized spacial score (nSPS) is 16.9. The fourth-order valence-electron chi connectivity index (χ4n) is 2.47. The molecule has 1 aliphatic heterocycles. The van der Waals surface area contributed by atoms with E-state index in [-0.39, 0.29) is 11.8 Å². The molecular formula is C15H23N3O2S. The zero-order valence-electron chi connectivity index (χ0n) is 12.5. The summed E-state index contributed by atoms with van der Waals surface area (Å²) in [5.41, 5.74) is 5.94. The number of unbranched alkanes of at least 4 members (excludes halogenated alkanes) is 1. The van der Waals surface area contributed by atoms with Gasteiger partial charge in [-0.1, -0.05) is 25.8 Å². The molecule has 2 amide bonds. The van der Waals surface area contributed by atoms with E-state index >= 15 is 0 Å². The second-order valence-corrected chi connectivity index (χ2v) is 6.29. The van der Waals surface area contributed by atoms with Crippen LogP contribution in [0, 0.1) is 0 Å². The number of nitrogens with two attached hydrogens (primary N) is 1. The molecule has 0 saturated carbocycles. The second-order valence-electron chi connectivity index (χ2n) is 5.34.